The molecule has 3 nitrogen and oxygen atoms in total. The van der Waals surface area contributed by atoms with Crippen LogP contribution in [-0.2, 0) is 16.0 Å². The summed E-state index contributed by atoms with van der Waals surface area (Å²) in [7, 11) is 0. The summed E-state index contributed by atoms with van der Waals surface area (Å²) in [6.07, 6.45) is -2.74. The second-order valence-corrected chi connectivity index (χ2v) is 3.77. The number of pyridine rings is 1. The molecule has 17 heavy (non-hydrogen) atoms. The molecule has 0 saturated carbocycles. The first-order valence-corrected chi connectivity index (χ1v) is 5.43. The molecule has 0 spiro atoms. The van der Waals surface area contributed by atoms with Crippen molar-refractivity contribution >= 4 is 17.6 Å². The zero-order valence-corrected chi connectivity index (χ0v) is 10.2. The molecule has 94 valence electrons. The Bertz CT molecular complexity index is 401. The predicted molar refractivity (Wildman–Crippen MR) is 59.3 cm³/mol. The molecule has 1 heterocycles. The van der Waals surface area contributed by atoms with Crippen LogP contribution in [0.25, 0.3) is 0 Å². The van der Waals surface area contributed by atoms with Crippen LogP contribution in [0.3, 0.4) is 0 Å². The molecular formula is C11H12ClF2NO2. The van der Waals surface area contributed by atoms with Gasteiger partial charge in [0.05, 0.1) is 13.0 Å². The maximum Gasteiger partial charge on any atom is 0.310 e. The smallest absolute Gasteiger partial charge is 0.310 e. The van der Waals surface area contributed by atoms with E-state index in [1.165, 1.54) is 6.07 Å². The normalized spacial score (nSPS) is 10.7. The number of rotatable bonds is 4. The summed E-state index contributed by atoms with van der Waals surface area (Å²) in [5.74, 6) is -0.455. The quantitative estimate of drug-likeness (QED) is 0.619. The fourth-order valence-electron chi connectivity index (χ4n) is 1.37. The largest absolute Gasteiger partial charge is 0.466 e. The third-order valence-electron chi connectivity index (χ3n) is 2.17. The molecule has 0 unspecified atom stereocenters. The number of ether oxygens (including phenoxy) is 1. The lowest BCUT2D eigenvalue weighted by molar-refractivity contribution is -0.142. The van der Waals surface area contributed by atoms with Gasteiger partial charge in [-0.05, 0) is 25.5 Å². The summed E-state index contributed by atoms with van der Waals surface area (Å²) in [6, 6.07) is 1.23. The number of aromatic nitrogens is 1. The molecule has 0 aromatic carbocycles. The molecule has 0 saturated heterocycles. The number of alkyl halides is 2. The Hall–Kier alpha value is -1.23. The molecule has 0 bridgehead atoms. The topological polar surface area (TPSA) is 39.2 Å². The molecule has 0 aliphatic carbocycles. The van der Waals surface area contributed by atoms with Crippen LogP contribution in [0.5, 0.6) is 0 Å². The van der Waals surface area contributed by atoms with Gasteiger partial charge in [0.15, 0.2) is 0 Å². The maximum atomic E-state index is 12.4. The second-order valence-electron chi connectivity index (χ2n) is 3.42. The lowest BCUT2D eigenvalue weighted by Crippen LogP contribution is -2.10. The standard InChI is InChI=1S/C11H12ClF2NO2/c1-3-17-9(16)5-7-6(2)4-8(11(13)14)15-10(7)12/h4,11H,3,5H2,1-2H3. The predicted octanol–water partition coefficient (Wildman–Crippen LogP) is 3.09. The number of carbonyl (C=O) groups excluding carboxylic acids is 1. The van der Waals surface area contributed by atoms with Crippen molar-refractivity contribution in [3.63, 3.8) is 0 Å². The highest BCUT2D eigenvalue weighted by Gasteiger charge is 2.16. The van der Waals surface area contributed by atoms with Gasteiger partial charge < -0.3 is 4.74 Å². The van der Waals surface area contributed by atoms with Crippen molar-refractivity contribution < 1.29 is 18.3 Å². The molecule has 1 aromatic heterocycles. The Kier molecular flexibility index (Phi) is 4.81. The van der Waals surface area contributed by atoms with Gasteiger partial charge in [0, 0.05) is 5.56 Å². The third kappa shape index (κ3) is 3.63. The first-order chi connectivity index (χ1) is 7.95. The van der Waals surface area contributed by atoms with Gasteiger partial charge in [-0.2, -0.15) is 0 Å². The van der Waals surface area contributed by atoms with E-state index in [9.17, 15) is 13.6 Å². The monoisotopic (exact) mass is 263 g/mol. The van der Waals surface area contributed by atoms with E-state index in [0.29, 0.717) is 11.1 Å². The van der Waals surface area contributed by atoms with Gasteiger partial charge in [-0.25, -0.2) is 13.8 Å². The van der Waals surface area contributed by atoms with Crippen LogP contribution >= 0.6 is 11.6 Å². The van der Waals surface area contributed by atoms with Crippen LogP contribution in [0.15, 0.2) is 6.07 Å². The molecular weight excluding hydrogens is 252 g/mol. The number of hydrogen-bond donors (Lipinski definition) is 0. The van der Waals surface area contributed by atoms with Crippen LogP contribution < -0.4 is 0 Å². The Balaban J connectivity index is 2.97. The van der Waals surface area contributed by atoms with Gasteiger partial charge in [-0.1, -0.05) is 11.6 Å². The first-order valence-electron chi connectivity index (χ1n) is 5.05. The number of esters is 1. The van der Waals surface area contributed by atoms with E-state index in [1.807, 2.05) is 0 Å². The number of aryl methyl sites for hydroxylation is 1. The van der Waals surface area contributed by atoms with Crippen LogP contribution in [-0.4, -0.2) is 17.6 Å². The zero-order chi connectivity index (χ0) is 13.0. The maximum absolute atomic E-state index is 12.4. The van der Waals surface area contributed by atoms with Crippen LogP contribution in [0.1, 0.15) is 30.2 Å². The Morgan fingerprint density at radius 3 is 2.71 bits per heavy atom. The summed E-state index contributed by atoms with van der Waals surface area (Å²) in [6.45, 7) is 3.55. The van der Waals surface area contributed by atoms with E-state index in [-0.39, 0.29) is 23.9 Å². The minimum atomic E-state index is -2.68. The highest BCUT2D eigenvalue weighted by molar-refractivity contribution is 6.30. The lowest BCUT2D eigenvalue weighted by atomic mass is 10.1. The Labute approximate surface area is 103 Å². The summed E-state index contributed by atoms with van der Waals surface area (Å²) in [5.41, 5.74) is 0.544. The average molecular weight is 264 g/mol. The molecule has 0 aliphatic heterocycles. The number of hydrogen-bond acceptors (Lipinski definition) is 3. The molecule has 0 radical (unpaired) electrons. The van der Waals surface area contributed by atoms with Gasteiger partial charge in [-0.15, -0.1) is 0 Å². The van der Waals surface area contributed by atoms with Crippen molar-refractivity contribution in [2.45, 2.75) is 26.7 Å². The van der Waals surface area contributed by atoms with Crippen molar-refractivity contribution in [3.05, 3.63) is 28.0 Å². The first kappa shape index (κ1) is 13.8. The summed E-state index contributed by atoms with van der Waals surface area (Å²) >= 11 is 5.77. The van der Waals surface area contributed by atoms with Crippen molar-refractivity contribution in [1.82, 2.24) is 4.98 Å². The number of carbonyl (C=O) groups is 1. The lowest BCUT2D eigenvalue weighted by Gasteiger charge is -2.09. The fraction of sp³-hybridized carbons (Fsp3) is 0.455. The van der Waals surface area contributed by atoms with Crippen LogP contribution in [0, 0.1) is 6.92 Å². The van der Waals surface area contributed by atoms with E-state index in [0.717, 1.165) is 0 Å². The third-order valence-corrected chi connectivity index (χ3v) is 2.48. The Morgan fingerprint density at radius 2 is 2.24 bits per heavy atom. The van der Waals surface area contributed by atoms with Crippen LogP contribution in [0.4, 0.5) is 8.78 Å². The average Bonchev–Trinajstić information content (AvgIpc) is 2.23. The van der Waals surface area contributed by atoms with Crippen LogP contribution in [0.2, 0.25) is 5.15 Å². The SMILES string of the molecule is CCOC(=O)Cc1c(C)cc(C(F)F)nc1Cl. The zero-order valence-electron chi connectivity index (χ0n) is 9.47. The second kappa shape index (κ2) is 5.91. The van der Waals surface area contributed by atoms with Gasteiger partial charge in [0.2, 0.25) is 0 Å². The molecule has 1 rings (SSSR count). The highest BCUT2D eigenvalue weighted by Crippen LogP contribution is 2.25. The summed E-state index contributed by atoms with van der Waals surface area (Å²) in [5, 5.41) is -0.0756. The number of nitrogens with zero attached hydrogens (tertiary/aromatic N) is 1. The molecule has 6 heteroatoms. The van der Waals surface area contributed by atoms with E-state index < -0.39 is 12.4 Å². The van der Waals surface area contributed by atoms with Gasteiger partial charge >= 0.3 is 5.97 Å². The highest BCUT2D eigenvalue weighted by atomic mass is 35.5. The minimum absolute atomic E-state index is 0.0605. The molecule has 0 amide bonds. The molecule has 0 atom stereocenters. The van der Waals surface area contributed by atoms with Gasteiger partial charge in [-0.3, -0.25) is 4.79 Å². The van der Waals surface area contributed by atoms with Crippen molar-refractivity contribution in [3.8, 4) is 0 Å². The minimum Gasteiger partial charge on any atom is -0.466 e. The van der Waals surface area contributed by atoms with E-state index in [4.69, 9.17) is 16.3 Å². The molecule has 0 fully saturated rings. The molecule has 0 aliphatic rings. The van der Waals surface area contributed by atoms with E-state index >= 15 is 0 Å². The molecule has 0 N–H and O–H groups in total. The van der Waals surface area contributed by atoms with E-state index in [1.54, 1.807) is 13.8 Å². The van der Waals surface area contributed by atoms with Gasteiger partial charge in [0.25, 0.3) is 6.43 Å². The van der Waals surface area contributed by atoms with Crippen molar-refractivity contribution in [1.29, 1.82) is 0 Å². The number of halogens is 3. The summed E-state index contributed by atoms with van der Waals surface area (Å²) < 4.78 is 29.6. The summed E-state index contributed by atoms with van der Waals surface area (Å²) in [4.78, 5) is 14.8. The Morgan fingerprint density at radius 1 is 1.59 bits per heavy atom. The van der Waals surface area contributed by atoms with Crippen molar-refractivity contribution in [2.24, 2.45) is 0 Å². The molecule has 1 aromatic rings. The van der Waals surface area contributed by atoms with E-state index in [2.05, 4.69) is 4.98 Å². The van der Waals surface area contributed by atoms with Gasteiger partial charge in [0.1, 0.15) is 10.8 Å². The fourth-order valence-corrected chi connectivity index (χ4v) is 1.68. The van der Waals surface area contributed by atoms with Crippen molar-refractivity contribution in [2.75, 3.05) is 6.61 Å².